The largest absolute Gasteiger partial charge is 0.359 e. The van der Waals surface area contributed by atoms with Crippen molar-refractivity contribution in [2.45, 2.75) is 18.7 Å². The van der Waals surface area contributed by atoms with Crippen LogP contribution in [0.2, 0.25) is 0 Å². The number of carbonyl (C=O) groups excluding carboxylic acids is 1. The van der Waals surface area contributed by atoms with Crippen molar-refractivity contribution >= 4 is 15.9 Å². The molecule has 0 spiro atoms. The van der Waals surface area contributed by atoms with E-state index >= 15 is 0 Å². The van der Waals surface area contributed by atoms with Crippen molar-refractivity contribution in [2.24, 2.45) is 5.73 Å². The Balaban J connectivity index is 2.61. The van der Waals surface area contributed by atoms with Gasteiger partial charge < -0.3 is 11.1 Å². The van der Waals surface area contributed by atoms with Crippen molar-refractivity contribution in [3.63, 3.8) is 0 Å². The molecule has 1 aromatic rings. The summed E-state index contributed by atoms with van der Waals surface area (Å²) in [5.74, 6) is -0.334. The number of sulfonamides is 1. The predicted molar refractivity (Wildman–Crippen MR) is 73.6 cm³/mol. The molecule has 0 bridgehead atoms. The molecule has 19 heavy (non-hydrogen) atoms. The molecule has 1 amide bonds. The van der Waals surface area contributed by atoms with Gasteiger partial charge in [-0.1, -0.05) is 24.3 Å². The Labute approximate surface area is 113 Å². The summed E-state index contributed by atoms with van der Waals surface area (Å²) in [4.78, 5) is 11.0. The highest BCUT2D eigenvalue weighted by atomic mass is 32.2. The lowest BCUT2D eigenvalue weighted by atomic mass is 10.1. The number of nitrogens with two attached hydrogens (primary N) is 1. The minimum atomic E-state index is -3.46. The summed E-state index contributed by atoms with van der Waals surface area (Å²) in [6, 6.07) is 7.13. The fourth-order valence-electron chi connectivity index (χ4n) is 1.60. The molecule has 6 nitrogen and oxygen atoms in total. The van der Waals surface area contributed by atoms with E-state index in [1.165, 1.54) is 7.05 Å². The van der Waals surface area contributed by atoms with Crippen LogP contribution in [-0.4, -0.2) is 27.9 Å². The van der Waals surface area contributed by atoms with Crippen molar-refractivity contribution < 1.29 is 13.2 Å². The molecular formula is C12H19N3O3S. The molecule has 0 saturated heterocycles. The quantitative estimate of drug-likeness (QED) is 0.640. The van der Waals surface area contributed by atoms with Crippen LogP contribution in [0.15, 0.2) is 24.3 Å². The Morgan fingerprint density at radius 3 is 2.47 bits per heavy atom. The predicted octanol–water partition coefficient (Wildman–Crippen LogP) is -0.299. The fourth-order valence-corrected chi connectivity index (χ4v) is 2.80. The minimum absolute atomic E-state index is 0.0901. The number of carbonyl (C=O) groups is 1. The summed E-state index contributed by atoms with van der Waals surface area (Å²) in [6.45, 7) is 0.386. The van der Waals surface area contributed by atoms with Gasteiger partial charge in [0.1, 0.15) is 0 Å². The first-order chi connectivity index (χ1) is 8.98. The van der Waals surface area contributed by atoms with Crippen molar-refractivity contribution in [3.05, 3.63) is 35.4 Å². The molecule has 106 valence electrons. The molecule has 0 aliphatic heterocycles. The van der Waals surface area contributed by atoms with Crippen LogP contribution in [0.5, 0.6) is 0 Å². The zero-order valence-corrected chi connectivity index (χ0v) is 11.7. The summed E-state index contributed by atoms with van der Waals surface area (Å²) in [7, 11) is -1.95. The van der Waals surface area contributed by atoms with Gasteiger partial charge in [0, 0.05) is 26.6 Å². The zero-order valence-electron chi connectivity index (χ0n) is 10.8. The first-order valence-corrected chi connectivity index (χ1v) is 7.58. The Hall–Kier alpha value is -1.44. The van der Waals surface area contributed by atoms with Gasteiger partial charge in [0.15, 0.2) is 0 Å². The topological polar surface area (TPSA) is 101 Å². The molecule has 0 aliphatic rings. The highest BCUT2D eigenvalue weighted by Gasteiger charge is 2.13. The smallest absolute Gasteiger partial charge is 0.221 e. The van der Waals surface area contributed by atoms with Crippen molar-refractivity contribution in [1.82, 2.24) is 10.0 Å². The fraction of sp³-hybridized carbons (Fsp3) is 0.417. The molecule has 0 fully saturated rings. The number of hydrogen-bond donors (Lipinski definition) is 3. The summed E-state index contributed by atoms with van der Waals surface area (Å²) < 4.78 is 26.1. The van der Waals surface area contributed by atoms with Gasteiger partial charge in [0.2, 0.25) is 15.9 Å². The molecule has 0 saturated carbocycles. The van der Waals surface area contributed by atoms with E-state index in [4.69, 9.17) is 5.73 Å². The highest BCUT2D eigenvalue weighted by molar-refractivity contribution is 7.88. The molecule has 7 heteroatoms. The van der Waals surface area contributed by atoms with Gasteiger partial charge in [-0.05, 0) is 11.1 Å². The maximum Gasteiger partial charge on any atom is 0.221 e. The molecule has 0 aliphatic carbocycles. The van der Waals surface area contributed by atoms with Crippen LogP contribution >= 0.6 is 0 Å². The monoisotopic (exact) mass is 285 g/mol. The molecular weight excluding hydrogens is 266 g/mol. The van der Waals surface area contributed by atoms with Crippen molar-refractivity contribution in [3.8, 4) is 0 Å². The third kappa shape index (κ3) is 5.37. The van der Waals surface area contributed by atoms with Crippen LogP contribution in [0.4, 0.5) is 0 Å². The third-order valence-corrected chi connectivity index (χ3v) is 3.97. The van der Waals surface area contributed by atoms with E-state index in [0.717, 1.165) is 5.56 Å². The van der Waals surface area contributed by atoms with E-state index < -0.39 is 10.0 Å². The Bertz CT molecular complexity index is 529. The summed E-state index contributed by atoms with van der Waals surface area (Å²) in [5, 5.41) is 2.43. The van der Waals surface area contributed by atoms with E-state index in [1.54, 1.807) is 18.2 Å². The Morgan fingerprint density at radius 1 is 1.26 bits per heavy atom. The van der Waals surface area contributed by atoms with Crippen LogP contribution in [-0.2, 0) is 27.1 Å². The maximum atomic E-state index is 11.9. The van der Waals surface area contributed by atoms with E-state index in [2.05, 4.69) is 10.0 Å². The molecule has 0 unspecified atom stereocenters. The number of amides is 1. The summed E-state index contributed by atoms with van der Waals surface area (Å²) >= 11 is 0. The van der Waals surface area contributed by atoms with Gasteiger partial charge in [-0.15, -0.1) is 0 Å². The average molecular weight is 285 g/mol. The van der Waals surface area contributed by atoms with E-state index in [0.29, 0.717) is 12.1 Å². The molecule has 0 radical (unpaired) electrons. The van der Waals surface area contributed by atoms with Gasteiger partial charge in [0.05, 0.1) is 5.75 Å². The van der Waals surface area contributed by atoms with Gasteiger partial charge in [-0.25, -0.2) is 13.1 Å². The Morgan fingerprint density at radius 2 is 1.89 bits per heavy atom. The summed E-state index contributed by atoms with van der Waals surface area (Å²) in [5.41, 5.74) is 7.04. The lowest BCUT2D eigenvalue weighted by Crippen LogP contribution is -2.30. The minimum Gasteiger partial charge on any atom is -0.359 e. The van der Waals surface area contributed by atoms with E-state index in [1.807, 2.05) is 6.07 Å². The van der Waals surface area contributed by atoms with Gasteiger partial charge in [0.25, 0.3) is 0 Å². The molecule has 4 N–H and O–H groups in total. The van der Waals surface area contributed by atoms with Crippen LogP contribution in [0.25, 0.3) is 0 Å². The van der Waals surface area contributed by atoms with Crippen LogP contribution < -0.4 is 15.8 Å². The van der Waals surface area contributed by atoms with Gasteiger partial charge >= 0.3 is 0 Å². The van der Waals surface area contributed by atoms with E-state index in [-0.39, 0.29) is 24.6 Å². The molecule has 0 heterocycles. The highest BCUT2D eigenvalue weighted by Crippen LogP contribution is 2.11. The lowest BCUT2D eigenvalue weighted by Gasteiger charge is -2.09. The van der Waals surface area contributed by atoms with Gasteiger partial charge in [-0.2, -0.15) is 0 Å². The first-order valence-electron chi connectivity index (χ1n) is 5.93. The molecule has 0 atom stereocenters. The second-order valence-electron chi connectivity index (χ2n) is 4.05. The van der Waals surface area contributed by atoms with Gasteiger partial charge in [-0.3, -0.25) is 4.79 Å². The van der Waals surface area contributed by atoms with Crippen LogP contribution in [0.1, 0.15) is 17.5 Å². The van der Waals surface area contributed by atoms with E-state index in [9.17, 15) is 13.2 Å². The normalized spacial score (nSPS) is 11.3. The second-order valence-corrected chi connectivity index (χ2v) is 5.86. The van der Waals surface area contributed by atoms with Crippen LogP contribution in [0.3, 0.4) is 0 Å². The number of nitrogens with one attached hydrogen (secondary N) is 2. The number of rotatable bonds is 7. The zero-order chi connectivity index (χ0) is 14.3. The SMILES string of the molecule is CNC(=O)CCNS(=O)(=O)Cc1ccccc1CN. The maximum absolute atomic E-state index is 11.9. The second kappa shape index (κ2) is 7.22. The first kappa shape index (κ1) is 15.6. The van der Waals surface area contributed by atoms with Crippen LogP contribution in [0, 0.1) is 0 Å². The van der Waals surface area contributed by atoms with Crippen molar-refractivity contribution in [1.29, 1.82) is 0 Å². The number of hydrogen-bond acceptors (Lipinski definition) is 4. The van der Waals surface area contributed by atoms with Crippen molar-refractivity contribution in [2.75, 3.05) is 13.6 Å². The molecule has 0 aromatic heterocycles. The number of benzene rings is 1. The molecule has 1 rings (SSSR count). The average Bonchev–Trinajstić information content (AvgIpc) is 2.38. The lowest BCUT2D eigenvalue weighted by molar-refractivity contribution is -0.120. The third-order valence-electron chi connectivity index (χ3n) is 2.64. The Kier molecular flexibility index (Phi) is 5.94. The summed E-state index contributed by atoms with van der Waals surface area (Å²) in [6.07, 6.45) is 0.119. The molecule has 1 aromatic carbocycles. The standard InChI is InChI=1S/C12H19N3O3S/c1-14-12(16)6-7-15-19(17,18)9-11-5-3-2-4-10(11)8-13/h2-5,15H,6-9,13H2,1H3,(H,14,16).